The van der Waals surface area contributed by atoms with Gasteiger partial charge in [0.25, 0.3) is 0 Å². The van der Waals surface area contributed by atoms with Crippen molar-refractivity contribution in [2.75, 3.05) is 0 Å². The first-order valence-electron chi connectivity index (χ1n) is 25.3. The van der Waals surface area contributed by atoms with Gasteiger partial charge in [0.1, 0.15) is 0 Å². The van der Waals surface area contributed by atoms with E-state index in [-0.39, 0.29) is 0 Å². The predicted octanol–water partition coefficient (Wildman–Crippen LogP) is 15.1. The molecule has 10 saturated carbocycles. The summed E-state index contributed by atoms with van der Waals surface area (Å²) in [6, 6.07) is 0. The normalized spacial score (nSPS) is 52.6. The Morgan fingerprint density at radius 3 is 1.16 bits per heavy atom. The van der Waals surface area contributed by atoms with Crippen LogP contribution in [0, 0.1) is 107 Å². The van der Waals surface area contributed by atoms with E-state index in [2.05, 4.69) is 0 Å². The number of fused-ring (bicyclic) bond motifs is 5. The molecule has 10 aliphatic carbocycles. The van der Waals surface area contributed by atoms with Crippen molar-refractivity contribution in [3.8, 4) is 0 Å². The zero-order chi connectivity index (χ0) is 33.7. The third-order valence-electron chi connectivity index (χ3n) is 20.9. The van der Waals surface area contributed by atoms with E-state index in [9.17, 15) is 0 Å². The minimum atomic E-state index is 1.11. The van der Waals surface area contributed by atoms with Crippen molar-refractivity contribution in [3.63, 3.8) is 0 Å². The Kier molecular flexibility index (Phi) is 11.0. The molecular weight excluding hydrogens is 613 g/mol. The van der Waals surface area contributed by atoms with Gasteiger partial charge >= 0.3 is 0 Å². The van der Waals surface area contributed by atoms with Crippen LogP contribution in [0.2, 0.25) is 0 Å². The van der Waals surface area contributed by atoms with Crippen molar-refractivity contribution >= 4 is 0 Å². The van der Waals surface area contributed by atoms with Crippen LogP contribution in [0.5, 0.6) is 0 Å². The Bertz CT molecular complexity index is 1090. The van der Waals surface area contributed by atoms with E-state index in [1.165, 1.54) is 0 Å². The Labute approximate surface area is 317 Å². The molecule has 0 spiro atoms. The summed E-state index contributed by atoms with van der Waals surface area (Å²) in [4.78, 5) is 0. The number of hydrogen-bond acceptors (Lipinski definition) is 0. The highest BCUT2D eigenvalue weighted by Crippen LogP contribution is 2.67. The van der Waals surface area contributed by atoms with Crippen molar-refractivity contribution in [1.82, 2.24) is 0 Å². The quantitative estimate of drug-likeness (QED) is 0.274. The first-order valence-corrected chi connectivity index (χ1v) is 25.3. The van der Waals surface area contributed by atoms with Gasteiger partial charge in [-0.1, -0.05) is 128 Å². The van der Waals surface area contributed by atoms with Gasteiger partial charge in [-0.05, 0) is 190 Å². The molecule has 0 bridgehead atoms. The lowest BCUT2D eigenvalue weighted by molar-refractivity contribution is -0.140. The lowest BCUT2D eigenvalue weighted by atomic mass is 9.42. The molecule has 288 valence electrons. The molecule has 10 aliphatic rings. The van der Waals surface area contributed by atoms with Gasteiger partial charge in [-0.25, -0.2) is 0 Å². The maximum Gasteiger partial charge on any atom is -0.0318 e. The SMILES string of the molecule is C1CCC(C2CCCCC2C2CC3CCCCC3[C@@H](C3C4CCCC[C@@H]4C([C@H]4CCC5CCCC[C@H]5C4)[C@@H]4CCCC[C@H]34)C3CCCC[C@@H]23)CC1. The fourth-order valence-electron chi connectivity index (χ4n) is 19.5. The van der Waals surface area contributed by atoms with Gasteiger partial charge in [0.15, 0.2) is 0 Å². The van der Waals surface area contributed by atoms with Gasteiger partial charge in [0.05, 0.1) is 0 Å². The zero-order valence-electron chi connectivity index (χ0n) is 33.7. The molecule has 0 aromatic carbocycles. The van der Waals surface area contributed by atoms with Crippen LogP contribution in [0.1, 0.15) is 212 Å². The molecule has 10 unspecified atom stereocenters. The molecule has 0 aromatic heterocycles. The second-order valence-corrected chi connectivity index (χ2v) is 22.6. The molecule has 10 fully saturated rings. The highest BCUT2D eigenvalue weighted by Gasteiger charge is 2.60. The Morgan fingerprint density at radius 1 is 0.157 bits per heavy atom. The van der Waals surface area contributed by atoms with Crippen molar-refractivity contribution in [2.45, 2.75) is 212 Å². The molecule has 0 radical (unpaired) electrons. The van der Waals surface area contributed by atoms with E-state index in [0.29, 0.717) is 0 Å². The summed E-state index contributed by atoms with van der Waals surface area (Å²) < 4.78 is 0. The van der Waals surface area contributed by atoms with E-state index in [0.717, 1.165) is 107 Å². The van der Waals surface area contributed by atoms with Gasteiger partial charge in [0, 0.05) is 0 Å². The lowest BCUT2D eigenvalue weighted by Gasteiger charge is -2.62. The average molecular weight is 697 g/mol. The molecule has 10 rings (SSSR count). The van der Waals surface area contributed by atoms with Gasteiger partial charge < -0.3 is 0 Å². The number of hydrogen-bond donors (Lipinski definition) is 0. The molecule has 0 amide bonds. The number of rotatable bonds is 4. The van der Waals surface area contributed by atoms with E-state index < -0.39 is 0 Å². The summed E-state index contributed by atoms with van der Waals surface area (Å²) >= 11 is 0. The Morgan fingerprint density at radius 2 is 0.529 bits per heavy atom. The highest BCUT2D eigenvalue weighted by atomic mass is 14.6. The van der Waals surface area contributed by atoms with Crippen molar-refractivity contribution in [1.29, 1.82) is 0 Å². The summed E-state index contributed by atoms with van der Waals surface area (Å²) in [5, 5.41) is 0. The summed E-state index contributed by atoms with van der Waals surface area (Å²) in [6.45, 7) is 0. The first-order chi connectivity index (χ1) is 25.3. The minimum absolute atomic E-state index is 1.11. The third kappa shape index (κ3) is 6.71. The summed E-state index contributed by atoms with van der Waals surface area (Å²) in [5.74, 6) is 20.2. The van der Waals surface area contributed by atoms with Crippen molar-refractivity contribution < 1.29 is 0 Å². The van der Waals surface area contributed by atoms with Crippen molar-refractivity contribution in [2.24, 2.45) is 107 Å². The van der Waals surface area contributed by atoms with Crippen LogP contribution in [-0.4, -0.2) is 0 Å². The maximum atomic E-state index is 1.71. The fourth-order valence-corrected chi connectivity index (χ4v) is 19.5. The lowest BCUT2D eigenvalue weighted by Crippen LogP contribution is -2.56. The maximum absolute atomic E-state index is 1.71. The second-order valence-electron chi connectivity index (χ2n) is 22.6. The van der Waals surface area contributed by atoms with E-state index >= 15 is 0 Å². The fraction of sp³-hybridized carbons (Fsp3) is 1.00. The Balaban J connectivity index is 1.00. The molecule has 0 aromatic rings. The molecule has 0 N–H and O–H groups in total. The van der Waals surface area contributed by atoms with Crippen LogP contribution in [0.4, 0.5) is 0 Å². The molecule has 0 saturated heterocycles. The third-order valence-corrected chi connectivity index (χ3v) is 20.9. The molecule has 51 heavy (non-hydrogen) atoms. The second kappa shape index (κ2) is 15.9. The van der Waals surface area contributed by atoms with Crippen molar-refractivity contribution in [3.05, 3.63) is 0 Å². The van der Waals surface area contributed by atoms with Crippen LogP contribution in [0.25, 0.3) is 0 Å². The Hall–Kier alpha value is 0. The van der Waals surface area contributed by atoms with Crippen LogP contribution in [0.3, 0.4) is 0 Å². The largest absolute Gasteiger partial charge is 0.0533 e. The van der Waals surface area contributed by atoms with Crippen LogP contribution < -0.4 is 0 Å². The zero-order valence-corrected chi connectivity index (χ0v) is 33.7. The molecule has 0 heteroatoms. The molecule has 0 aliphatic heterocycles. The summed E-state index contributed by atoms with van der Waals surface area (Å²) in [5.41, 5.74) is 0. The van der Waals surface area contributed by atoms with E-state index in [1.807, 2.05) is 0 Å². The van der Waals surface area contributed by atoms with Gasteiger partial charge in [-0.2, -0.15) is 0 Å². The topological polar surface area (TPSA) is 0 Å². The summed E-state index contributed by atoms with van der Waals surface area (Å²) in [7, 11) is 0. The summed E-state index contributed by atoms with van der Waals surface area (Å²) in [6.07, 6.45) is 53.3. The highest BCUT2D eigenvalue weighted by molar-refractivity contribution is 5.09. The van der Waals surface area contributed by atoms with Crippen LogP contribution in [0.15, 0.2) is 0 Å². The molecule has 0 nitrogen and oxygen atoms in total. The van der Waals surface area contributed by atoms with E-state index in [4.69, 9.17) is 0 Å². The van der Waals surface area contributed by atoms with Gasteiger partial charge in [-0.3, -0.25) is 0 Å². The monoisotopic (exact) mass is 697 g/mol. The molecule has 0 heterocycles. The smallest absolute Gasteiger partial charge is 0.0318 e. The predicted molar refractivity (Wildman–Crippen MR) is 215 cm³/mol. The van der Waals surface area contributed by atoms with Crippen LogP contribution in [-0.2, 0) is 0 Å². The van der Waals surface area contributed by atoms with E-state index in [1.54, 1.807) is 212 Å². The van der Waals surface area contributed by atoms with Gasteiger partial charge in [-0.15, -0.1) is 0 Å². The standard InChI is InChI=1S/C51H84/c1-2-17-35(18-3-1)39-21-8-9-23-41(39)48-33-37-20-6-7-22-40(37)50(43-25-11-10-24-42(43)48)51-46-28-14-12-26-44(46)49(45-27-13-15-29-47(45)51)38-31-30-34-16-4-5-19-36(34)32-38/h34-51H,1-33H2/t34?,36-,37?,38-,39?,40?,41?,42+,43?,44-,45+,46?,47-,48?,49?,50+,51?/m0/s1. The molecular formula is C51H84. The molecule has 17 atom stereocenters. The van der Waals surface area contributed by atoms with Gasteiger partial charge in [0.2, 0.25) is 0 Å². The minimum Gasteiger partial charge on any atom is -0.0533 e. The van der Waals surface area contributed by atoms with Crippen LogP contribution >= 0.6 is 0 Å². The first kappa shape index (κ1) is 35.4. The average Bonchev–Trinajstić information content (AvgIpc) is 3.35.